The van der Waals surface area contributed by atoms with E-state index in [-0.39, 0.29) is 0 Å². The molecule has 0 spiro atoms. The van der Waals surface area contributed by atoms with Gasteiger partial charge in [-0.05, 0) is 38.2 Å². The first-order valence-electron chi connectivity index (χ1n) is 9.03. The van der Waals surface area contributed by atoms with E-state index in [0.717, 1.165) is 29.9 Å². The number of thiocarbonyl (C=S) groups is 1. The van der Waals surface area contributed by atoms with Gasteiger partial charge in [0.05, 0.1) is 18.0 Å². The van der Waals surface area contributed by atoms with Gasteiger partial charge in [0.2, 0.25) is 0 Å². The van der Waals surface area contributed by atoms with Crippen molar-refractivity contribution in [2.24, 2.45) is 0 Å². The van der Waals surface area contributed by atoms with Crippen LogP contribution in [-0.4, -0.2) is 45.5 Å². The minimum Gasteiger partial charge on any atom is -0.461 e. The molecule has 142 valence electrons. The molecule has 0 unspecified atom stereocenters. The molecule has 1 aliphatic rings. The van der Waals surface area contributed by atoms with Crippen molar-refractivity contribution in [3.8, 4) is 5.69 Å². The van der Waals surface area contributed by atoms with Crippen LogP contribution in [0.25, 0.3) is 5.69 Å². The van der Waals surface area contributed by atoms with Gasteiger partial charge in [0.25, 0.3) is 0 Å². The Morgan fingerprint density at radius 1 is 1.41 bits per heavy atom. The number of aryl methyl sites for hydroxylation is 1. The SMILES string of the molecule is C=CCNC(=S)N1CCc2c(c(C(=O)OCC)nn2-c2ccc(C)cc2)C1. The number of hydrogen-bond donors (Lipinski definition) is 1. The lowest BCUT2D eigenvalue weighted by Gasteiger charge is -2.30. The number of benzene rings is 1. The van der Waals surface area contributed by atoms with E-state index < -0.39 is 5.97 Å². The predicted octanol–water partition coefficient (Wildman–Crippen LogP) is 2.78. The van der Waals surface area contributed by atoms with Crippen LogP contribution in [0, 0.1) is 6.92 Å². The normalized spacial score (nSPS) is 13.0. The molecule has 2 aromatic rings. The maximum absolute atomic E-state index is 12.5. The van der Waals surface area contributed by atoms with Gasteiger partial charge in [-0.25, -0.2) is 9.48 Å². The Morgan fingerprint density at radius 2 is 2.15 bits per heavy atom. The second kappa shape index (κ2) is 8.35. The maximum atomic E-state index is 12.5. The van der Waals surface area contributed by atoms with Crippen LogP contribution >= 0.6 is 12.2 Å². The summed E-state index contributed by atoms with van der Waals surface area (Å²) in [5.41, 5.74) is 4.39. The molecule has 1 aliphatic heterocycles. The van der Waals surface area contributed by atoms with Gasteiger partial charge in [0.1, 0.15) is 0 Å². The van der Waals surface area contributed by atoms with Crippen LogP contribution in [0.1, 0.15) is 34.2 Å². The number of ether oxygens (including phenoxy) is 1. The highest BCUT2D eigenvalue weighted by molar-refractivity contribution is 7.80. The van der Waals surface area contributed by atoms with Crippen LogP contribution in [0.4, 0.5) is 0 Å². The molecule has 0 bridgehead atoms. The number of nitrogens with one attached hydrogen (secondary N) is 1. The molecule has 6 nitrogen and oxygen atoms in total. The lowest BCUT2D eigenvalue weighted by Crippen LogP contribution is -2.43. The summed E-state index contributed by atoms with van der Waals surface area (Å²) in [5.74, 6) is -0.397. The summed E-state index contributed by atoms with van der Waals surface area (Å²) < 4.78 is 7.09. The predicted molar refractivity (Wildman–Crippen MR) is 109 cm³/mol. The summed E-state index contributed by atoms with van der Waals surface area (Å²) >= 11 is 5.47. The fourth-order valence-corrected chi connectivity index (χ4v) is 3.37. The highest BCUT2D eigenvalue weighted by atomic mass is 32.1. The fraction of sp³-hybridized carbons (Fsp3) is 0.350. The van der Waals surface area contributed by atoms with E-state index in [2.05, 4.69) is 17.0 Å². The molecule has 0 amide bonds. The van der Waals surface area contributed by atoms with E-state index in [9.17, 15) is 4.79 Å². The van der Waals surface area contributed by atoms with E-state index >= 15 is 0 Å². The third-order valence-electron chi connectivity index (χ3n) is 4.49. The number of fused-ring (bicyclic) bond motifs is 1. The van der Waals surface area contributed by atoms with E-state index in [1.165, 1.54) is 5.56 Å². The molecule has 1 aromatic carbocycles. The summed E-state index contributed by atoms with van der Waals surface area (Å²) in [6, 6.07) is 8.11. The Morgan fingerprint density at radius 3 is 2.81 bits per heavy atom. The number of esters is 1. The Balaban J connectivity index is 1.98. The molecule has 27 heavy (non-hydrogen) atoms. The Labute approximate surface area is 164 Å². The lowest BCUT2D eigenvalue weighted by atomic mass is 10.1. The first kappa shape index (κ1) is 19.1. The van der Waals surface area contributed by atoms with Crippen molar-refractivity contribution in [2.45, 2.75) is 26.8 Å². The molecule has 0 aliphatic carbocycles. The number of rotatable bonds is 5. The topological polar surface area (TPSA) is 59.4 Å². The Hall–Kier alpha value is -2.67. The minimum absolute atomic E-state index is 0.314. The summed E-state index contributed by atoms with van der Waals surface area (Å²) in [7, 11) is 0. The number of hydrogen-bond acceptors (Lipinski definition) is 4. The quantitative estimate of drug-likeness (QED) is 0.486. The van der Waals surface area contributed by atoms with Gasteiger partial charge in [0, 0.05) is 31.6 Å². The van der Waals surface area contributed by atoms with E-state index in [0.29, 0.717) is 30.5 Å². The van der Waals surface area contributed by atoms with Crippen molar-refractivity contribution < 1.29 is 9.53 Å². The third-order valence-corrected chi connectivity index (χ3v) is 4.89. The summed E-state index contributed by atoms with van der Waals surface area (Å²) in [6.45, 7) is 9.74. The van der Waals surface area contributed by atoms with Gasteiger partial charge in [-0.15, -0.1) is 6.58 Å². The smallest absolute Gasteiger partial charge is 0.359 e. The average Bonchev–Trinajstić information content (AvgIpc) is 3.06. The molecule has 0 fully saturated rings. The molecular weight excluding hydrogens is 360 g/mol. The highest BCUT2D eigenvalue weighted by Crippen LogP contribution is 2.26. The molecule has 3 rings (SSSR count). The van der Waals surface area contributed by atoms with E-state index in [1.807, 2.05) is 40.8 Å². The standard InChI is InChI=1S/C20H24N4O2S/c1-4-11-21-20(27)23-12-10-17-16(13-23)18(19(25)26-5-2)22-24(17)15-8-6-14(3)7-9-15/h4,6-9H,1,5,10-13H2,2-3H3,(H,21,27). The molecule has 1 aromatic heterocycles. The van der Waals surface area contributed by atoms with Crippen molar-refractivity contribution in [2.75, 3.05) is 19.7 Å². The molecule has 0 saturated heterocycles. The second-order valence-electron chi connectivity index (χ2n) is 6.39. The van der Waals surface area contributed by atoms with Crippen LogP contribution < -0.4 is 5.32 Å². The number of carbonyl (C=O) groups excluding carboxylic acids is 1. The molecule has 1 N–H and O–H groups in total. The molecule has 7 heteroatoms. The van der Waals surface area contributed by atoms with Gasteiger partial charge < -0.3 is 15.0 Å². The van der Waals surface area contributed by atoms with Crippen molar-refractivity contribution in [1.29, 1.82) is 0 Å². The first-order valence-corrected chi connectivity index (χ1v) is 9.44. The third kappa shape index (κ3) is 4.03. The van der Waals surface area contributed by atoms with Crippen LogP contribution in [-0.2, 0) is 17.7 Å². The van der Waals surface area contributed by atoms with Crippen molar-refractivity contribution in [3.63, 3.8) is 0 Å². The number of nitrogens with zero attached hydrogens (tertiary/aromatic N) is 3. The van der Waals surface area contributed by atoms with Gasteiger partial charge in [-0.3, -0.25) is 0 Å². The highest BCUT2D eigenvalue weighted by Gasteiger charge is 2.30. The summed E-state index contributed by atoms with van der Waals surface area (Å²) in [4.78, 5) is 14.5. The average molecular weight is 385 g/mol. The van der Waals surface area contributed by atoms with Crippen molar-refractivity contribution in [1.82, 2.24) is 20.0 Å². The van der Waals surface area contributed by atoms with Crippen LogP contribution in [0.2, 0.25) is 0 Å². The van der Waals surface area contributed by atoms with Gasteiger partial charge >= 0.3 is 5.97 Å². The minimum atomic E-state index is -0.397. The zero-order chi connectivity index (χ0) is 19.4. The zero-order valence-electron chi connectivity index (χ0n) is 15.7. The largest absolute Gasteiger partial charge is 0.461 e. The first-order chi connectivity index (χ1) is 13.0. The van der Waals surface area contributed by atoms with Gasteiger partial charge in [-0.1, -0.05) is 23.8 Å². The molecule has 0 saturated carbocycles. The molecule has 0 atom stereocenters. The van der Waals surface area contributed by atoms with E-state index in [1.54, 1.807) is 13.0 Å². The zero-order valence-corrected chi connectivity index (χ0v) is 16.5. The van der Waals surface area contributed by atoms with Crippen molar-refractivity contribution >= 4 is 23.3 Å². The van der Waals surface area contributed by atoms with Crippen LogP contribution in [0.15, 0.2) is 36.9 Å². The second-order valence-corrected chi connectivity index (χ2v) is 6.77. The lowest BCUT2D eigenvalue weighted by molar-refractivity contribution is 0.0517. The fourth-order valence-electron chi connectivity index (χ4n) is 3.13. The Bertz CT molecular complexity index is 858. The van der Waals surface area contributed by atoms with Gasteiger partial charge in [0.15, 0.2) is 10.8 Å². The summed E-state index contributed by atoms with van der Waals surface area (Å²) in [5, 5.41) is 8.40. The molecule has 0 radical (unpaired) electrons. The van der Waals surface area contributed by atoms with Crippen LogP contribution in [0.3, 0.4) is 0 Å². The van der Waals surface area contributed by atoms with Gasteiger partial charge in [-0.2, -0.15) is 5.10 Å². The maximum Gasteiger partial charge on any atom is 0.359 e. The number of aromatic nitrogens is 2. The Kier molecular flexibility index (Phi) is 5.91. The van der Waals surface area contributed by atoms with Crippen LogP contribution in [0.5, 0.6) is 0 Å². The molecule has 2 heterocycles. The summed E-state index contributed by atoms with van der Waals surface area (Å²) in [6.07, 6.45) is 2.51. The molecular formula is C20H24N4O2S. The van der Waals surface area contributed by atoms with E-state index in [4.69, 9.17) is 17.0 Å². The monoisotopic (exact) mass is 384 g/mol. The number of carbonyl (C=O) groups is 1. The van der Waals surface area contributed by atoms with Crippen molar-refractivity contribution in [3.05, 3.63) is 59.4 Å².